The van der Waals surface area contributed by atoms with Crippen LogP contribution < -0.4 is 17.2 Å². The van der Waals surface area contributed by atoms with Crippen LogP contribution in [0.4, 0.5) is 0 Å². The van der Waals surface area contributed by atoms with E-state index in [-0.39, 0.29) is 6.15 Å². The second-order valence-electron chi connectivity index (χ2n) is 2.89. The molecule has 0 radical (unpaired) electrons. The highest BCUT2D eigenvalue weighted by molar-refractivity contribution is 7.51. The molecule has 0 aliphatic carbocycles. The molecule has 0 aliphatic heterocycles. The quantitative estimate of drug-likeness (QED) is 0.353. The molecule has 94 valence electrons. The minimum Gasteiger partial charge on any atom is -0.480 e. The molecule has 0 fully saturated rings. The molecular formula is C6H20N3O5P. The van der Waals surface area contributed by atoms with Crippen molar-refractivity contribution in [3.8, 4) is 0 Å². The van der Waals surface area contributed by atoms with Crippen molar-refractivity contribution < 1.29 is 24.3 Å². The van der Waals surface area contributed by atoms with Crippen molar-refractivity contribution in [2.24, 2.45) is 5.73 Å². The Labute approximate surface area is 88.6 Å². The van der Waals surface area contributed by atoms with Gasteiger partial charge in [0.25, 0.3) is 0 Å². The SMILES string of the molecule is CC(C)N.N.O=C(O)CNCP(=O)(O)O. The highest BCUT2D eigenvalue weighted by atomic mass is 31.2. The Morgan fingerprint density at radius 1 is 1.47 bits per heavy atom. The zero-order valence-electron chi connectivity index (χ0n) is 8.88. The number of nitrogens with one attached hydrogen (secondary N) is 1. The van der Waals surface area contributed by atoms with Crippen molar-refractivity contribution >= 4 is 13.6 Å². The van der Waals surface area contributed by atoms with Gasteiger partial charge in [-0.15, -0.1) is 0 Å². The summed E-state index contributed by atoms with van der Waals surface area (Å²) in [6.07, 6.45) is -0.598. The van der Waals surface area contributed by atoms with Crippen LogP contribution in [0.3, 0.4) is 0 Å². The molecule has 9 heteroatoms. The van der Waals surface area contributed by atoms with Gasteiger partial charge in [-0.05, 0) is 6.04 Å². The molecule has 0 amide bonds. The average molecular weight is 245 g/mol. The Bertz CT molecular complexity index is 202. The molecule has 0 aromatic carbocycles. The summed E-state index contributed by atoms with van der Waals surface area (Å²) in [5.41, 5.74) is 5.11. The van der Waals surface area contributed by atoms with Crippen LogP contribution in [-0.4, -0.2) is 39.7 Å². The van der Waals surface area contributed by atoms with Crippen molar-refractivity contribution in [2.75, 3.05) is 12.8 Å². The van der Waals surface area contributed by atoms with Crippen molar-refractivity contribution in [3.63, 3.8) is 0 Å². The summed E-state index contributed by atoms with van der Waals surface area (Å²) < 4.78 is 10.1. The first-order valence-electron chi connectivity index (χ1n) is 3.88. The summed E-state index contributed by atoms with van der Waals surface area (Å²) in [7, 11) is -4.10. The number of aliphatic carboxylic acids is 1. The zero-order chi connectivity index (χ0) is 11.8. The molecule has 0 heterocycles. The van der Waals surface area contributed by atoms with E-state index >= 15 is 0 Å². The third-order valence-corrected chi connectivity index (χ3v) is 1.23. The van der Waals surface area contributed by atoms with Crippen LogP contribution in [0.15, 0.2) is 0 Å². The van der Waals surface area contributed by atoms with Crippen LogP contribution >= 0.6 is 7.60 Å². The van der Waals surface area contributed by atoms with Gasteiger partial charge in [-0.25, -0.2) is 0 Å². The van der Waals surface area contributed by atoms with Gasteiger partial charge < -0.3 is 26.8 Å². The minimum atomic E-state index is -4.10. The van der Waals surface area contributed by atoms with Gasteiger partial charge in [0.15, 0.2) is 0 Å². The van der Waals surface area contributed by atoms with Gasteiger partial charge in [-0.2, -0.15) is 0 Å². The molecular weight excluding hydrogens is 225 g/mol. The van der Waals surface area contributed by atoms with Crippen LogP contribution in [0, 0.1) is 0 Å². The number of nitrogens with two attached hydrogens (primary N) is 1. The van der Waals surface area contributed by atoms with E-state index in [9.17, 15) is 9.36 Å². The van der Waals surface area contributed by atoms with E-state index in [1.807, 2.05) is 13.8 Å². The van der Waals surface area contributed by atoms with Crippen LogP contribution in [-0.2, 0) is 9.36 Å². The maximum absolute atomic E-state index is 10.1. The fourth-order valence-corrected chi connectivity index (χ4v) is 0.712. The minimum absolute atomic E-state index is 0. The van der Waals surface area contributed by atoms with Crippen molar-refractivity contribution in [1.82, 2.24) is 11.5 Å². The lowest BCUT2D eigenvalue weighted by atomic mass is 10.5. The van der Waals surface area contributed by atoms with Gasteiger partial charge in [-0.1, -0.05) is 13.8 Å². The number of carboxylic acids is 1. The fourth-order valence-electron chi connectivity index (χ4n) is 0.308. The molecule has 0 atom stereocenters. The van der Waals surface area contributed by atoms with Crippen LogP contribution in [0.5, 0.6) is 0 Å². The molecule has 0 aromatic rings. The Kier molecular flexibility index (Phi) is 13.4. The van der Waals surface area contributed by atoms with E-state index in [4.69, 9.17) is 20.6 Å². The lowest BCUT2D eigenvalue weighted by Crippen LogP contribution is -2.23. The van der Waals surface area contributed by atoms with Crippen LogP contribution in [0.1, 0.15) is 13.8 Å². The second-order valence-corrected chi connectivity index (χ2v) is 4.53. The van der Waals surface area contributed by atoms with Crippen LogP contribution in [0.2, 0.25) is 0 Å². The van der Waals surface area contributed by atoms with Crippen molar-refractivity contribution in [1.29, 1.82) is 0 Å². The Morgan fingerprint density at radius 2 is 1.80 bits per heavy atom. The van der Waals surface area contributed by atoms with Crippen molar-refractivity contribution in [3.05, 3.63) is 0 Å². The maximum Gasteiger partial charge on any atom is 0.339 e. The molecule has 0 saturated heterocycles. The van der Waals surface area contributed by atoms with Crippen molar-refractivity contribution in [2.45, 2.75) is 19.9 Å². The molecule has 0 spiro atoms. The molecule has 9 N–H and O–H groups in total. The predicted molar refractivity (Wildman–Crippen MR) is 56.9 cm³/mol. The molecule has 0 aromatic heterocycles. The third kappa shape index (κ3) is 42.3. The Balaban J connectivity index is -0.000000249. The Morgan fingerprint density at radius 3 is 2.00 bits per heavy atom. The lowest BCUT2D eigenvalue weighted by molar-refractivity contribution is -0.135. The number of rotatable bonds is 4. The zero-order valence-corrected chi connectivity index (χ0v) is 9.78. The van der Waals surface area contributed by atoms with E-state index in [1.54, 1.807) is 0 Å². The smallest absolute Gasteiger partial charge is 0.339 e. The van der Waals surface area contributed by atoms with E-state index in [0.29, 0.717) is 6.04 Å². The lowest BCUT2D eigenvalue weighted by Gasteiger charge is -2.02. The van der Waals surface area contributed by atoms with Gasteiger partial charge in [-0.3, -0.25) is 14.7 Å². The molecule has 0 rings (SSSR count). The molecule has 0 bridgehead atoms. The molecule has 0 aliphatic rings. The molecule has 8 nitrogen and oxygen atoms in total. The Hall–Kier alpha value is -0.500. The first-order chi connectivity index (χ1) is 6.15. The average Bonchev–Trinajstić information content (AvgIpc) is 1.80. The number of hydrogen-bond donors (Lipinski definition) is 6. The first kappa shape index (κ1) is 20.0. The van der Waals surface area contributed by atoms with Gasteiger partial charge in [0.2, 0.25) is 0 Å². The third-order valence-electron chi connectivity index (χ3n) is 0.594. The summed E-state index contributed by atoms with van der Waals surface area (Å²) in [5, 5.41) is 10.1. The first-order valence-corrected chi connectivity index (χ1v) is 5.67. The number of hydrogen-bond acceptors (Lipinski definition) is 5. The maximum atomic E-state index is 10.1. The summed E-state index contributed by atoms with van der Waals surface area (Å²) in [4.78, 5) is 26.1. The number of carboxylic acid groups (broad SMARTS) is 1. The number of carbonyl (C=O) groups is 1. The van der Waals surface area contributed by atoms with Gasteiger partial charge >= 0.3 is 13.6 Å². The van der Waals surface area contributed by atoms with E-state index in [2.05, 4.69) is 5.32 Å². The van der Waals surface area contributed by atoms with E-state index in [1.165, 1.54) is 0 Å². The monoisotopic (exact) mass is 245 g/mol. The van der Waals surface area contributed by atoms with Gasteiger partial charge in [0, 0.05) is 0 Å². The van der Waals surface area contributed by atoms with E-state index < -0.39 is 26.4 Å². The van der Waals surface area contributed by atoms with Crippen LogP contribution in [0.25, 0.3) is 0 Å². The molecule has 0 unspecified atom stereocenters. The standard InChI is InChI=1S/C3H8NO5P.C3H9N.H3N/c5-3(6)1-4-2-10(7,8)9;1-3(2)4;/h4H,1-2H2,(H,5,6)(H2,7,8,9);3H,4H2,1-2H3;1H3. The molecule has 0 saturated carbocycles. The summed E-state index contributed by atoms with van der Waals surface area (Å²) >= 11 is 0. The largest absolute Gasteiger partial charge is 0.480 e. The highest BCUT2D eigenvalue weighted by Crippen LogP contribution is 2.31. The van der Waals surface area contributed by atoms with E-state index in [0.717, 1.165) is 0 Å². The van der Waals surface area contributed by atoms with Gasteiger partial charge in [0.1, 0.15) is 0 Å². The second kappa shape index (κ2) is 10.0. The summed E-state index contributed by atoms with van der Waals surface area (Å²) in [6, 6.07) is 0.333. The molecule has 15 heavy (non-hydrogen) atoms. The highest BCUT2D eigenvalue weighted by Gasteiger charge is 2.11. The normalized spacial score (nSPS) is 10.0. The fraction of sp³-hybridized carbons (Fsp3) is 0.833. The summed E-state index contributed by atoms with van der Waals surface area (Å²) in [6.45, 7) is 3.45. The summed E-state index contributed by atoms with van der Waals surface area (Å²) in [5.74, 6) is -1.14. The van der Waals surface area contributed by atoms with Gasteiger partial charge in [0.05, 0.1) is 12.8 Å². The predicted octanol–water partition coefficient (Wildman–Crippen LogP) is -0.689. The topological polar surface area (TPSA) is 168 Å².